The van der Waals surface area contributed by atoms with Gasteiger partial charge in [0.2, 0.25) is 0 Å². The van der Waals surface area contributed by atoms with Gasteiger partial charge in [-0.15, -0.1) is 0 Å². The second-order valence-corrected chi connectivity index (χ2v) is 11.1. The van der Waals surface area contributed by atoms with Gasteiger partial charge in [-0.25, -0.2) is 0 Å². The summed E-state index contributed by atoms with van der Waals surface area (Å²) in [6.07, 6.45) is -14.1. The number of benzene rings is 2. The fourth-order valence-electron chi connectivity index (χ4n) is 3.68. The number of hydrogen-bond donors (Lipinski definition) is 0. The van der Waals surface area contributed by atoms with Crippen LogP contribution in [0.5, 0.6) is 0 Å². The van der Waals surface area contributed by atoms with E-state index >= 15 is 0 Å². The third-order valence-corrected chi connectivity index (χ3v) is 7.53. The Bertz CT molecular complexity index is 1320. The zero-order valence-corrected chi connectivity index (χ0v) is 22.5. The van der Waals surface area contributed by atoms with E-state index in [1.807, 2.05) is 0 Å². The summed E-state index contributed by atoms with van der Waals surface area (Å²) >= 11 is 11.7. The van der Waals surface area contributed by atoms with Crippen molar-refractivity contribution >= 4 is 45.9 Å². The Kier molecular flexibility index (Phi) is 10.9. The highest BCUT2D eigenvalue weighted by Gasteiger charge is 2.40. The summed E-state index contributed by atoms with van der Waals surface area (Å²) in [6, 6.07) is 5.54. The van der Waals surface area contributed by atoms with E-state index in [-0.39, 0.29) is 21.2 Å². The van der Waals surface area contributed by atoms with Gasteiger partial charge in [0.05, 0.1) is 27.1 Å². The summed E-state index contributed by atoms with van der Waals surface area (Å²) in [6.45, 7) is 1.26. The minimum atomic E-state index is -5.10. The fourth-order valence-corrected chi connectivity index (χ4v) is 5.51. The first kappa shape index (κ1) is 33.6. The van der Waals surface area contributed by atoms with Gasteiger partial charge in [0.1, 0.15) is 11.8 Å². The van der Waals surface area contributed by atoms with E-state index in [0.717, 1.165) is 30.3 Å². The van der Waals surface area contributed by atoms with Crippen molar-refractivity contribution in [2.24, 2.45) is 5.92 Å². The second-order valence-electron chi connectivity index (χ2n) is 8.75. The van der Waals surface area contributed by atoms with Crippen molar-refractivity contribution in [2.45, 2.75) is 37.8 Å². The number of nitriles is 1. The fraction of sp³-hybridized carbons (Fsp3) is 0.360. The minimum Gasteiger partial charge on any atom is -0.294 e. The molecule has 2 unspecified atom stereocenters. The SMILES string of the molecule is C[C@@H](CC(=O)c1ccc(/C=C/C(c2cc(Cl)c(C#N)c(Cl)c2)C(F)(F)F)cc1C(F)(F)F)CS(=O)CC(F)(F)F. The first-order valence-electron chi connectivity index (χ1n) is 11.0. The molecule has 218 valence electrons. The second kappa shape index (κ2) is 13.0. The molecule has 0 aromatic heterocycles. The highest BCUT2D eigenvalue weighted by Crippen LogP contribution is 2.40. The molecule has 3 atom stereocenters. The third-order valence-electron chi connectivity index (χ3n) is 5.35. The van der Waals surface area contributed by atoms with Gasteiger partial charge in [0.25, 0.3) is 0 Å². The lowest BCUT2D eigenvalue weighted by Crippen LogP contribution is -2.24. The van der Waals surface area contributed by atoms with Crippen molar-refractivity contribution in [1.82, 2.24) is 0 Å². The molecule has 2 rings (SSSR count). The van der Waals surface area contributed by atoms with Crippen LogP contribution in [0.25, 0.3) is 6.08 Å². The Morgan fingerprint density at radius 2 is 1.60 bits per heavy atom. The molecule has 0 fully saturated rings. The van der Waals surface area contributed by atoms with Crippen LogP contribution in [0, 0.1) is 17.2 Å². The molecule has 2 aromatic carbocycles. The average molecular weight is 638 g/mol. The predicted octanol–water partition coefficient (Wildman–Crippen LogP) is 8.76. The molecule has 0 heterocycles. The van der Waals surface area contributed by atoms with Crippen LogP contribution in [-0.4, -0.2) is 33.9 Å². The van der Waals surface area contributed by atoms with Crippen LogP contribution in [0.3, 0.4) is 0 Å². The largest absolute Gasteiger partial charge is 0.417 e. The Hall–Kier alpha value is -2.56. The Morgan fingerprint density at radius 3 is 2.08 bits per heavy atom. The van der Waals surface area contributed by atoms with Crippen LogP contribution in [0.4, 0.5) is 39.5 Å². The molecule has 2 aromatic rings. The predicted molar refractivity (Wildman–Crippen MR) is 132 cm³/mol. The van der Waals surface area contributed by atoms with Crippen molar-refractivity contribution in [2.75, 3.05) is 11.5 Å². The lowest BCUT2D eigenvalue weighted by molar-refractivity contribution is -0.139. The van der Waals surface area contributed by atoms with Crippen LogP contribution in [0.2, 0.25) is 10.0 Å². The van der Waals surface area contributed by atoms with Crippen LogP contribution in [0.1, 0.15) is 51.9 Å². The van der Waals surface area contributed by atoms with Gasteiger partial charge in [-0.1, -0.05) is 54.4 Å². The zero-order chi connectivity index (χ0) is 30.6. The smallest absolute Gasteiger partial charge is 0.294 e. The van der Waals surface area contributed by atoms with Gasteiger partial charge in [0, 0.05) is 28.5 Å². The number of carbonyl (C=O) groups excluding carboxylic acids is 1. The Balaban J connectivity index is 2.38. The van der Waals surface area contributed by atoms with Gasteiger partial charge in [0.15, 0.2) is 5.78 Å². The summed E-state index contributed by atoms with van der Waals surface area (Å²) in [4.78, 5) is 12.6. The molecule has 0 spiro atoms. The van der Waals surface area contributed by atoms with E-state index in [4.69, 9.17) is 28.5 Å². The number of carbonyl (C=O) groups is 1. The number of allylic oxidation sites excluding steroid dienone is 1. The molecule has 40 heavy (non-hydrogen) atoms. The summed E-state index contributed by atoms with van der Waals surface area (Å²) < 4.78 is 131. The quantitative estimate of drug-likeness (QED) is 0.204. The van der Waals surface area contributed by atoms with Crippen molar-refractivity contribution in [3.63, 3.8) is 0 Å². The molecule has 0 saturated heterocycles. The first-order chi connectivity index (χ1) is 18.2. The summed E-state index contributed by atoms with van der Waals surface area (Å²) in [5.41, 5.74) is -3.37. The number of Topliss-reactive ketones (excluding diaryl/α,β-unsaturated/α-hetero) is 1. The Labute approximate surface area is 235 Å². The van der Waals surface area contributed by atoms with Gasteiger partial charge in [-0.3, -0.25) is 9.00 Å². The first-order valence-corrected chi connectivity index (χ1v) is 13.3. The minimum absolute atomic E-state index is 0.257. The third kappa shape index (κ3) is 9.52. The number of halogens is 11. The highest BCUT2D eigenvalue weighted by atomic mass is 35.5. The molecule has 0 radical (unpaired) electrons. The van der Waals surface area contributed by atoms with Gasteiger partial charge in [-0.2, -0.15) is 44.8 Å². The zero-order valence-electron chi connectivity index (χ0n) is 20.1. The van der Waals surface area contributed by atoms with E-state index in [1.165, 1.54) is 6.92 Å². The number of hydrogen-bond acceptors (Lipinski definition) is 3. The molecule has 0 amide bonds. The maximum Gasteiger partial charge on any atom is 0.417 e. The maximum absolute atomic E-state index is 13.8. The summed E-state index contributed by atoms with van der Waals surface area (Å²) in [5.74, 6) is -6.61. The van der Waals surface area contributed by atoms with E-state index < -0.39 is 81.6 Å². The van der Waals surface area contributed by atoms with Gasteiger partial charge in [-0.05, 0) is 35.2 Å². The van der Waals surface area contributed by atoms with Gasteiger partial charge < -0.3 is 0 Å². The van der Waals surface area contributed by atoms with E-state index in [9.17, 15) is 48.5 Å². The molecule has 0 aliphatic heterocycles. The maximum atomic E-state index is 13.8. The molecule has 0 saturated carbocycles. The molecule has 0 bridgehead atoms. The molecule has 15 heteroatoms. The van der Waals surface area contributed by atoms with E-state index in [0.29, 0.717) is 12.1 Å². The normalized spacial score (nSPS) is 15.1. The Morgan fingerprint density at radius 1 is 1.02 bits per heavy atom. The standard InChI is InChI=1S/C25H18Cl2F9NO2S/c1-13(11-40(39)12-23(28,29)30)6-22(38)16-4-2-14(7-19(16)25(34,35)36)3-5-18(24(31,32)33)15-8-20(26)17(10-37)21(27)9-15/h2-5,7-9,13,18H,6,11-12H2,1H3/b5-3+/t13-,18?,40?/m0/s1. The number of rotatable bonds is 9. The van der Waals surface area contributed by atoms with Crippen molar-refractivity contribution in [3.05, 3.63) is 74.3 Å². The molecular weight excluding hydrogens is 620 g/mol. The van der Waals surface area contributed by atoms with Crippen LogP contribution < -0.4 is 0 Å². The highest BCUT2D eigenvalue weighted by molar-refractivity contribution is 7.85. The molecule has 0 aliphatic carbocycles. The average Bonchev–Trinajstić information content (AvgIpc) is 2.76. The van der Waals surface area contributed by atoms with Gasteiger partial charge >= 0.3 is 18.5 Å². The number of alkyl halides is 9. The van der Waals surface area contributed by atoms with Crippen LogP contribution in [-0.2, 0) is 17.0 Å². The number of nitrogens with zero attached hydrogens (tertiary/aromatic N) is 1. The molecule has 3 nitrogen and oxygen atoms in total. The van der Waals surface area contributed by atoms with Crippen molar-refractivity contribution < 1.29 is 48.5 Å². The van der Waals surface area contributed by atoms with E-state index in [1.54, 1.807) is 6.07 Å². The summed E-state index contributed by atoms with van der Waals surface area (Å²) in [5, 5.41) is 8.28. The van der Waals surface area contributed by atoms with Crippen LogP contribution in [0.15, 0.2) is 36.4 Å². The monoisotopic (exact) mass is 637 g/mol. The van der Waals surface area contributed by atoms with E-state index in [2.05, 4.69) is 0 Å². The molecule has 0 N–H and O–H groups in total. The van der Waals surface area contributed by atoms with Crippen molar-refractivity contribution in [3.8, 4) is 6.07 Å². The lowest BCUT2D eigenvalue weighted by atomic mass is 9.93. The number of ketones is 1. The molecule has 0 aliphatic rings. The van der Waals surface area contributed by atoms with Crippen LogP contribution >= 0.6 is 23.2 Å². The lowest BCUT2D eigenvalue weighted by Gasteiger charge is -2.19. The molecular formula is C25H18Cl2F9NO2S. The topological polar surface area (TPSA) is 57.9 Å². The summed E-state index contributed by atoms with van der Waals surface area (Å²) in [7, 11) is -2.39. The van der Waals surface area contributed by atoms with Crippen molar-refractivity contribution in [1.29, 1.82) is 5.26 Å².